The first-order valence-corrected chi connectivity index (χ1v) is 8.92. The summed E-state index contributed by atoms with van der Waals surface area (Å²) in [5.74, 6) is 0.380. The molecule has 134 valence electrons. The molecule has 0 spiro atoms. The molecule has 1 heterocycles. The molecule has 0 aliphatic carbocycles. The predicted octanol–water partition coefficient (Wildman–Crippen LogP) is 6.24. The lowest BCUT2D eigenvalue weighted by Crippen LogP contribution is -2.04. The molecule has 0 atom stereocenters. The van der Waals surface area contributed by atoms with E-state index in [1.807, 2.05) is 12.1 Å². The molecule has 0 amide bonds. The van der Waals surface area contributed by atoms with Crippen molar-refractivity contribution < 1.29 is 17.6 Å². The maximum atomic E-state index is 13.1. The van der Waals surface area contributed by atoms with Crippen molar-refractivity contribution in [3.8, 4) is 11.1 Å². The van der Waals surface area contributed by atoms with Gasteiger partial charge in [-0.1, -0.05) is 30.3 Å². The summed E-state index contributed by atoms with van der Waals surface area (Å²) in [4.78, 5) is 4.38. The largest absolute Gasteiger partial charge is 0.416 e. The molecule has 0 unspecified atom stereocenters. The van der Waals surface area contributed by atoms with Gasteiger partial charge in [0.2, 0.25) is 0 Å². The Morgan fingerprint density at radius 1 is 0.885 bits per heavy atom. The summed E-state index contributed by atoms with van der Waals surface area (Å²) in [5.41, 5.74) is 1.98. The van der Waals surface area contributed by atoms with Crippen LogP contribution in [0, 0.1) is 5.82 Å². The molecule has 0 radical (unpaired) electrons. The fourth-order valence-electron chi connectivity index (χ4n) is 2.48. The van der Waals surface area contributed by atoms with Gasteiger partial charge in [0, 0.05) is 17.5 Å². The fourth-order valence-corrected chi connectivity index (χ4v) is 3.49. The van der Waals surface area contributed by atoms with Crippen molar-refractivity contribution in [2.24, 2.45) is 0 Å². The second kappa shape index (κ2) is 7.91. The maximum Gasteiger partial charge on any atom is 0.416 e. The first-order chi connectivity index (χ1) is 12.4. The molecule has 6 heteroatoms. The van der Waals surface area contributed by atoms with Gasteiger partial charge in [-0.3, -0.25) is 0 Å². The second-order valence-corrected chi connectivity index (χ2v) is 6.74. The Hall–Kier alpha value is -2.34. The molecule has 0 bridgehead atoms. The van der Waals surface area contributed by atoms with E-state index >= 15 is 0 Å². The highest BCUT2D eigenvalue weighted by atomic mass is 32.2. The summed E-state index contributed by atoms with van der Waals surface area (Å²) in [6.07, 6.45) is -2.00. The van der Waals surface area contributed by atoms with Crippen LogP contribution < -0.4 is 0 Å². The number of pyridine rings is 1. The lowest BCUT2D eigenvalue weighted by Gasteiger charge is -2.09. The summed E-state index contributed by atoms with van der Waals surface area (Å²) in [7, 11) is 0. The average Bonchev–Trinajstić information content (AvgIpc) is 2.63. The fraction of sp³-hybridized carbons (Fsp3) is 0.150. The Labute approximate surface area is 153 Å². The van der Waals surface area contributed by atoms with Crippen LogP contribution in [0.15, 0.2) is 71.9 Å². The minimum atomic E-state index is -4.31. The number of nitrogens with zero attached hydrogens (tertiary/aromatic N) is 1. The topological polar surface area (TPSA) is 12.9 Å². The minimum Gasteiger partial charge on any atom is -0.249 e. The summed E-state index contributed by atoms with van der Waals surface area (Å²) >= 11 is 1.52. The number of aromatic nitrogens is 1. The van der Waals surface area contributed by atoms with Crippen molar-refractivity contribution >= 4 is 11.8 Å². The normalized spacial score (nSPS) is 11.5. The third-order valence-electron chi connectivity index (χ3n) is 3.84. The molecular formula is C20H15F4NS. The summed E-state index contributed by atoms with van der Waals surface area (Å²) in [5, 5.41) is 0.811. The SMILES string of the molecule is Fc1ccc(-c2cccnc2SCCc2ccc(C(F)(F)F)cc2)cc1. The van der Waals surface area contributed by atoms with E-state index in [9.17, 15) is 17.6 Å². The summed E-state index contributed by atoms with van der Waals surface area (Å²) in [6.45, 7) is 0. The van der Waals surface area contributed by atoms with Crippen molar-refractivity contribution in [3.63, 3.8) is 0 Å². The average molecular weight is 377 g/mol. The van der Waals surface area contributed by atoms with Crippen molar-refractivity contribution in [1.82, 2.24) is 4.98 Å². The highest BCUT2D eigenvalue weighted by Crippen LogP contribution is 2.31. The number of benzene rings is 2. The number of hydrogen-bond acceptors (Lipinski definition) is 2. The standard InChI is InChI=1S/C20H15F4NS/c21-17-9-5-15(6-10-17)18-2-1-12-25-19(18)26-13-11-14-3-7-16(8-4-14)20(22,23)24/h1-10,12H,11,13H2. The van der Waals surface area contributed by atoms with Gasteiger partial charge < -0.3 is 0 Å². The Kier molecular flexibility index (Phi) is 5.61. The summed E-state index contributed by atoms with van der Waals surface area (Å²) in [6, 6.07) is 15.1. The zero-order chi connectivity index (χ0) is 18.6. The van der Waals surface area contributed by atoms with Gasteiger partial charge >= 0.3 is 6.18 Å². The lowest BCUT2D eigenvalue weighted by molar-refractivity contribution is -0.137. The maximum absolute atomic E-state index is 13.1. The van der Waals surface area contributed by atoms with Gasteiger partial charge in [0.05, 0.1) is 5.56 Å². The third-order valence-corrected chi connectivity index (χ3v) is 4.84. The number of rotatable bonds is 5. The molecule has 2 aromatic carbocycles. The number of hydrogen-bond donors (Lipinski definition) is 0. The van der Waals surface area contributed by atoms with E-state index < -0.39 is 11.7 Å². The van der Waals surface area contributed by atoms with E-state index in [-0.39, 0.29) is 5.82 Å². The highest BCUT2D eigenvalue weighted by Gasteiger charge is 2.29. The van der Waals surface area contributed by atoms with Crippen LogP contribution in [-0.4, -0.2) is 10.7 Å². The highest BCUT2D eigenvalue weighted by molar-refractivity contribution is 7.99. The van der Waals surface area contributed by atoms with Crippen molar-refractivity contribution in [2.75, 3.05) is 5.75 Å². The minimum absolute atomic E-state index is 0.297. The molecule has 0 fully saturated rings. The van der Waals surface area contributed by atoms with E-state index in [1.165, 1.54) is 36.0 Å². The van der Waals surface area contributed by atoms with Crippen molar-refractivity contribution in [2.45, 2.75) is 17.6 Å². The van der Waals surface area contributed by atoms with Crippen LogP contribution >= 0.6 is 11.8 Å². The molecular weight excluding hydrogens is 362 g/mol. The van der Waals surface area contributed by atoms with Crippen LogP contribution in [0.1, 0.15) is 11.1 Å². The smallest absolute Gasteiger partial charge is 0.249 e. The van der Waals surface area contributed by atoms with E-state index in [0.717, 1.165) is 33.8 Å². The molecule has 1 aromatic heterocycles. The van der Waals surface area contributed by atoms with Crippen molar-refractivity contribution in [1.29, 1.82) is 0 Å². The van der Waals surface area contributed by atoms with Gasteiger partial charge in [0.15, 0.2) is 0 Å². The van der Waals surface area contributed by atoms with Crippen LogP contribution in [0.5, 0.6) is 0 Å². The van der Waals surface area contributed by atoms with Gasteiger partial charge in [0.1, 0.15) is 10.8 Å². The third kappa shape index (κ3) is 4.64. The summed E-state index contributed by atoms with van der Waals surface area (Å²) < 4.78 is 50.9. The first-order valence-electron chi connectivity index (χ1n) is 7.93. The number of halogens is 4. The molecule has 0 saturated heterocycles. The van der Waals surface area contributed by atoms with Crippen LogP contribution in [0.25, 0.3) is 11.1 Å². The molecule has 0 N–H and O–H groups in total. The van der Waals surface area contributed by atoms with E-state index in [2.05, 4.69) is 4.98 Å². The zero-order valence-electron chi connectivity index (χ0n) is 13.6. The number of thioether (sulfide) groups is 1. The van der Waals surface area contributed by atoms with Gasteiger partial charge in [0.25, 0.3) is 0 Å². The van der Waals surface area contributed by atoms with Crippen molar-refractivity contribution in [3.05, 3.63) is 83.8 Å². The molecule has 3 rings (SSSR count). The number of alkyl halides is 3. The Bertz CT molecular complexity index is 858. The van der Waals surface area contributed by atoms with Crippen LogP contribution in [-0.2, 0) is 12.6 Å². The molecule has 0 saturated carbocycles. The first kappa shape index (κ1) is 18.5. The van der Waals surface area contributed by atoms with Crippen LogP contribution in [0.4, 0.5) is 17.6 Å². The molecule has 1 nitrogen and oxygen atoms in total. The molecule has 0 aliphatic heterocycles. The Morgan fingerprint density at radius 3 is 2.23 bits per heavy atom. The Balaban J connectivity index is 1.66. The van der Waals surface area contributed by atoms with Gasteiger partial charge in [-0.15, -0.1) is 11.8 Å². The lowest BCUT2D eigenvalue weighted by atomic mass is 10.1. The van der Waals surface area contributed by atoms with Crippen LogP contribution in [0.2, 0.25) is 0 Å². The zero-order valence-corrected chi connectivity index (χ0v) is 14.4. The quantitative estimate of drug-likeness (QED) is 0.385. The molecule has 3 aromatic rings. The monoisotopic (exact) mass is 377 g/mol. The van der Waals surface area contributed by atoms with Gasteiger partial charge in [-0.25, -0.2) is 9.37 Å². The predicted molar refractivity (Wildman–Crippen MR) is 95.5 cm³/mol. The van der Waals surface area contributed by atoms with E-state index in [1.54, 1.807) is 18.3 Å². The van der Waals surface area contributed by atoms with E-state index in [4.69, 9.17) is 0 Å². The molecule has 26 heavy (non-hydrogen) atoms. The van der Waals surface area contributed by atoms with E-state index in [0.29, 0.717) is 12.2 Å². The van der Waals surface area contributed by atoms with Gasteiger partial charge in [-0.05, 0) is 47.9 Å². The van der Waals surface area contributed by atoms with Crippen LogP contribution in [0.3, 0.4) is 0 Å². The van der Waals surface area contributed by atoms with Gasteiger partial charge in [-0.2, -0.15) is 13.2 Å². The number of aryl methyl sites for hydroxylation is 1. The molecule has 0 aliphatic rings. The Morgan fingerprint density at radius 2 is 1.58 bits per heavy atom. The second-order valence-electron chi connectivity index (χ2n) is 5.66.